The minimum absolute atomic E-state index is 0.142. The molecule has 0 fully saturated rings. The summed E-state index contributed by atoms with van der Waals surface area (Å²) in [6.45, 7) is 2.39. The van der Waals surface area contributed by atoms with Crippen molar-refractivity contribution in [2.75, 3.05) is 11.4 Å². The second kappa shape index (κ2) is 11.4. The van der Waals surface area contributed by atoms with Crippen LogP contribution in [0.2, 0.25) is 10.0 Å². The van der Waals surface area contributed by atoms with Gasteiger partial charge in [-0.3, -0.25) is 9.78 Å². The van der Waals surface area contributed by atoms with Crippen LogP contribution in [-0.4, -0.2) is 33.5 Å². The zero-order chi connectivity index (χ0) is 27.5. The van der Waals surface area contributed by atoms with Crippen LogP contribution in [-0.2, 0) is 0 Å². The largest absolute Gasteiger partial charge is 0.478 e. The third-order valence-corrected chi connectivity index (χ3v) is 7.81. The molecule has 39 heavy (non-hydrogen) atoms. The van der Waals surface area contributed by atoms with E-state index in [9.17, 15) is 14.7 Å². The molecule has 3 aromatic carbocycles. The van der Waals surface area contributed by atoms with Gasteiger partial charge in [0.05, 0.1) is 33.2 Å². The fraction of sp³-hybridized carbons (Fsp3) is 0.0667. The Labute approximate surface area is 239 Å². The molecule has 6 nitrogen and oxygen atoms in total. The zero-order valence-corrected chi connectivity index (χ0v) is 23.0. The number of thiazole rings is 1. The van der Waals surface area contributed by atoms with Crippen LogP contribution in [0.25, 0.3) is 33.0 Å². The Morgan fingerprint density at radius 1 is 0.923 bits per heavy atom. The van der Waals surface area contributed by atoms with Gasteiger partial charge in [-0.25, -0.2) is 9.78 Å². The molecule has 0 atom stereocenters. The number of carboxylic acids is 1. The molecule has 5 aromatic rings. The molecule has 2 heterocycles. The lowest BCUT2D eigenvalue weighted by molar-refractivity contribution is 0.0697. The standard InChI is InChI=1S/C30H21Cl2N3O3S/c1-2-35(22-4-3-13-33-16-22)29(36)19-7-5-18(6-8-19)23-11-9-21(14-24(23)30(37)38)28-34-27(17-39-28)20-10-12-25(31)26(32)15-20/h3-17H,2H2,1H3,(H,37,38). The molecule has 9 heteroatoms. The number of benzene rings is 3. The summed E-state index contributed by atoms with van der Waals surface area (Å²) in [5.74, 6) is -1.21. The van der Waals surface area contributed by atoms with Crippen LogP contribution in [0.5, 0.6) is 0 Å². The summed E-state index contributed by atoms with van der Waals surface area (Å²) in [5.41, 5.74) is 4.82. The van der Waals surface area contributed by atoms with E-state index in [1.165, 1.54) is 11.3 Å². The van der Waals surface area contributed by atoms with Crippen molar-refractivity contribution < 1.29 is 14.7 Å². The quantitative estimate of drug-likeness (QED) is 0.212. The maximum atomic E-state index is 13.1. The van der Waals surface area contributed by atoms with Crippen LogP contribution >= 0.6 is 34.5 Å². The van der Waals surface area contributed by atoms with E-state index < -0.39 is 5.97 Å². The van der Waals surface area contributed by atoms with Crippen LogP contribution in [0.1, 0.15) is 27.6 Å². The predicted molar refractivity (Wildman–Crippen MR) is 157 cm³/mol. The van der Waals surface area contributed by atoms with Crippen molar-refractivity contribution in [2.24, 2.45) is 0 Å². The number of hydrogen-bond donors (Lipinski definition) is 1. The number of rotatable bonds is 7. The highest BCUT2D eigenvalue weighted by molar-refractivity contribution is 7.13. The van der Waals surface area contributed by atoms with Gasteiger partial charge in [0, 0.05) is 34.8 Å². The molecular formula is C30H21Cl2N3O3S. The fourth-order valence-electron chi connectivity index (χ4n) is 4.21. The molecule has 0 radical (unpaired) electrons. The second-order valence-corrected chi connectivity index (χ2v) is 10.2. The van der Waals surface area contributed by atoms with E-state index in [-0.39, 0.29) is 11.5 Å². The number of nitrogens with zero attached hydrogens (tertiary/aromatic N) is 3. The first-order chi connectivity index (χ1) is 18.9. The Hall–Kier alpha value is -4.04. The topological polar surface area (TPSA) is 83.4 Å². The molecule has 1 amide bonds. The number of carbonyl (C=O) groups is 2. The third kappa shape index (κ3) is 5.56. The van der Waals surface area contributed by atoms with Crippen LogP contribution < -0.4 is 4.90 Å². The summed E-state index contributed by atoms with van der Waals surface area (Å²) in [4.78, 5) is 35.8. The van der Waals surface area contributed by atoms with Crippen molar-refractivity contribution in [3.05, 3.63) is 112 Å². The lowest BCUT2D eigenvalue weighted by Gasteiger charge is -2.20. The van der Waals surface area contributed by atoms with Gasteiger partial charge in [-0.15, -0.1) is 11.3 Å². The number of carbonyl (C=O) groups excluding carboxylic acids is 1. The zero-order valence-electron chi connectivity index (χ0n) is 20.6. The van der Waals surface area contributed by atoms with Crippen molar-refractivity contribution in [1.82, 2.24) is 9.97 Å². The summed E-state index contributed by atoms with van der Waals surface area (Å²) in [7, 11) is 0. The molecule has 0 spiro atoms. The molecular weight excluding hydrogens is 553 g/mol. The Kier molecular flexibility index (Phi) is 7.74. The number of anilines is 1. The predicted octanol–water partition coefficient (Wildman–Crippen LogP) is 8.21. The molecule has 194 valence electrons. The van der Waals surface area contributed by atoms with Crippen molar-refractivity contribution in [3.8, 4) is 33.0 Å². The van der Waals surface area contributed by atoms with Gasteiger partial charge < -0.3 is 10.0 Å². The third-order valence-electron chi connectivity index (χ3n) is 6.18. The van der Waals surface area contributed by atoms with E-state index in [1.54, 1.807) is 71.9 Å². The monoisotopic (exact) mass is 573 g/mol. The molecule has 0 aliphatic rings. The van der Waals surface area contributed by atoms with Gasteiger partial charge in [0.15, 0.2) is 0 Å². The molecule has 0 aliphatic carbocycles. The first-order valence-corrected chi connectivity index (χ1v) is 13.6. The van der Waals surface area contributed by atoms with E-state index in [4.69, 9.17) is 23.2 Å². The van der Waals surface area contributed by atoms with Gasteiger partial charge in [0.25, 0.3) is 5.91 Å². The maximum absolute atomic E-state index is 13.1. The maximum Gasteiger partial charge on any atom is 0.336 e. The first kappa shape index (κ1) is 26.6. The van der Waals surface area contributed by atoms with Crippen molar-refractivity contribution >= 4 is 52.1 Å². The van der Waals surface area contributed by atoms with Gasteiger partial charge in [-0.2, -0.15) is 0 Å². The van der Waals surface area contributed by atoms with Gasteiger partial charge in [0.1, 0.15) is 5.01 Å². The first-order valence-electron chi connectivity index (χ1n) is 12.0. The van der Waals surface area contributed by atoms with E-state index in [2.05, 4.69) is 9.97 Å². The van der Waals surface area contributed by atoms with Crippen molar-refractivity contribution in [1.29, 1.82) is 0 Å². The summed E-state index contributed by atoms with van der Waals surface area (Å²) >= 11 is 13.6. The van der Waals surface area contributed by atoms with Crippen LogP contribution in [0.4, 0.5) is 5.69 Å². The Morgan fingerprint density at radius 2 is 1.67 bits per heavy atom. The molecule has 5 rings (SSSR count). The lowest BCUT2D eigenvalue weighted by Crippen LogP contribution is -2.30. The molecule has 0 saturated heterocycles. The Bertz CT molecular complexity index is 1670. The van der Waals surface area contributed by atoms with E-state index in [0.29, 0.717) is 49.5 Å². The van der Waals surface area contributed by atoms with E-state index in [0.717, 1.165) is 11.3 Å². The molecule has 0 saturated carbocycles. The fourth-order valence-corrected chi connectivity index (χ4v) is 5.33. The number of amides is 1. The van der Waals surface area contributed by atoms with Gasteiger partial charge in [0.2, 0.25) is 0 Å². The van der Waals surface area contributed by atoms with Crippen molar-refractivity contribution in [2.45, 2.75) is 6.92 Å². The van der Waals surface area contributed by atoms with Crippen LogP contribution in [0.3, 0.4) is 0 Å². The van der Waals surface area contributed by atoms with Crippen molar-refractivity contribution in [3.63, 3.8) is 0 Å². The average Bonchev–Trinajstić information content (AvgIpc) is 3.46. The number of carboxylic acid groups (broad SMARTS) is 1. The van der Waals surface area contributed by atoms with E-state index in [1.807, 2.05) is 30.5 Å². The highest BCUT2D eigenvalue weighted by atomic mass is 35.5. The molecule has 2 aromatic heterocycles. The van der Waals surface area contributed by atoms with Gasteiger partial charge >= 0.3 is 5.97 Å². The van der Waals surface area contributed by atoms with Gasteiger partial charge in [-0.05, 0) is 60.5 Å². The molecule has 0 unspecified atom stereocenters. The number of pyridine rings is 1. The van der Waals surface area contributed by atoms with Crippen LogP contribution in [0, 0.1) is 0 Å². The normalized spacial score (nSPS) is 10.8. The van der Waals surface area contributed by atoms with Crippen LogP contribution in [0.15, 0.2) is 90.6 Å². The molecule has 0 aliphatic heterocycles. The number of aromatic nitrogens is 2. The number of halogens is 2. The highest BCUT2D eigenvalue weighted by Gasteiger charge is 2.19. The molecule has 1 N–H and O–H groups in total. The minimum atomic E-state index is -1.05. The smallest absolute Gasteiger partial charge is 0.336 e. The summed E-state index contributed by atoms with van der Waals surface area (Å²) < 4.78 is 0. The number of aromatic carboxylic acids is 1. The SMILES string of the molecule is CCN(C(=O)c1ccc(-c2ccc(-c3nc(-c4ccc(Cl)c(Cl)c4)cs3)cc2C(=O)O)cc1)c1cccnc1. The number of hydrogen-bond acceptors (Lipinski definition) is 5. The van der Waals surface area contributed by atoms with Gasteiger partial charge in [-0.1, -0.05) is 53.5 Å². The summed E-state index contributed by atoms with van der Waals surface area (Å²) in [6, 6.07) is 21.1. The average molecular weight is 574 g/mol. The molecule has 0 bridgehead atoms. The Morgan fingerprint density at radius 3 is 2.33 bits per heavy atom. The summed E-state index contributed by atoms with van der Waals surface area (Å²) in [6.07, 6.45) is 3.30. The highest BCUT2D eigenvalue weighted by Crippen LogP contribution is 2.34. The second-order valence-electron chi connectivity index (χ2n) is 8.57. The minimum Gasteiger partial charge on any atom is -0.478 e. The van der Waals surface area contributed by atoms with E-state index >= 15 is 0 Å². The summed E-state index contributed by atoms with van der Waals surface area (Å²) in [5, 5.41) is 13.5. The Balaban J connectivity index is 1.43. The lowest BCUT2D eigenvalue weighted by atomic mass is 9.96.